The molecule has 0 aliphatic rings. The Bertz CT molecular complexity index is 1040. The lowest BCUT2D eigenvalue weighted by Gasteiger charge is -2.17. The number of halogens is 2. The largest absolute Gasteiger partial charge is 0.467 e. The lowest BCUT2D eigenvalue weighted by Crippen LogP contribution is -2.29. The number of carbonyl (C=O) groups excluding carboxylic acids is 1. The maximum absolute atomic E-state index is 13.1. The molecule has 126 valence electrons. The standard InChI is InChI=1S/C17H10BrClN2O2S2/c18-14-7-6-13(24-14)16(22)21(9-10-3-2-8-23-10)17-20-15-11(19)4-1-5-12(15)25-17/h1-8H,9H2. The number of hydrogen-bond acceptors (Lipinski definition) is 5. The molecule has 0 unspecified atom stereocenters. The normalized spacial score (nSPS) is 11.1. The molecule has 0 N–H and O–H groups in total. The van der Waals surface area contributed by atoms with Crippen LogP contribution in [0.4, 0.5) is 5.13 Å². The minimum atomic E-state index is -0.123. The summed E-state index contributed by atoms with van der Waals surface area (Å²) in [6, 6.07) is 12.9. The van der Waals surface area contributed by atoms with Crippen LogP contribution in [-0.2, 0) is 6.54 Å². The first-order chi connectivity index (χ1) is 12.1. The minimum Gasteiger partial charge on any atom is -0.467 e. The second-order valence-electron chi connectivity index (χ2n) is 5.16. The Hall–Kier alpha value is -1.67. The van der Waals surface area contributed by atoms with Crippen LogP contribution < -0.4 is 4.90 Å². The molecule has 4 rings (SSSR count). The molecule has 0 atom stereocenters. The number of nitrogens with zero attached hydrogens (tertiary/aromatic N) is 2. The van der Waals surface area contributed by atoms with Crippen molar-refractivity contribution in [3.63, 3.8) is 0 Å². The zero-order valence-electron chi connectivity index (χ0n) is 12.6. The molecule has 3 heterocycles. The molecule has 0 saturated heterocycles. The van der Waals surface area contributed by atoms with Crippen molar-refractivity contribution in [3.8, 4) is 0 Å². The van der Waals surface area contributed by atoms with Gasteiger partial charge < -0.3 is 4.42 Å². The SMILES string of the molecule is O=C(c1ccc(Br)s1)N(Cc1ccco1)c1nc2c(Cl)cccc2s1. The molecule has 0 saturated carbocycles. The highest BCUT2D eigenvalue weighted by Crippen LogP contribution is 2.35. The third kappa shape index (κ3) is 3.37. The Morgan fingerprint density at radius 3 is 2.76 bits per heavy atom. The molecule has 0 bridgehead atoms. The second-order valence-corrected chi connectivity index (χ2v) is 9.04. The number of benzene rings is 1. The van der Waals surface area contributed by atoms with Gasteiger partial charge in [-0.25, -0.2) is 4.98 Å². The van der Waals surface area contributed by atoms with E-state index < -0.39 is 0 Å². The number of fused-ring (bicyclic) bond motifs is 1. The molecule has 0 fully saturated rings. The van der Waals surface area contributed by atoms with Crippen LogP contribution in [-0.4, -0.2) is 10.9 Å². The summed E-state index contributed by atoms with van der Waals surface area (Å²) >= 11 is 12.5. The zero-order chi connectivity index (χ0) is 17.4. The average molecular weight is 454 g/mol. The summed E-state index contributed by atoms with van der Waals surface area (Å²) in [7, 11) is 0. The number of anilines is 1. The number of furan rings is 1. The van der Waals surface area contributed by atoms with Gasteiger partial charge in [-0.1, -0.05) is 29.0 Å². The summed E-state index contributed by atoms with van der Waals surface area (Å²) in [6.45, 7) is 0.304. The topological polar surface area (TPSA) is 46.3 Å². The molecule has 4 aromatic rings. The summed E-state index contributed by atoms with van der Waals surface area (Å²) < 4.78 is 7.27. The number of thiophene rings is 1. The molecule has 1 amide bonds. The van der Waals surface area contributed by atoms with Crippen LogP contribution in [0.2, 0.25) is 5.02 Å². The van der Waals surface area contributed by atoms with Crippen LogP contribution in [0.1, 0.15) is 15.4 Å². The molecule has 0 radical (unpaired) electrons. The van der Waals surface area contributed by atoms with E-state index in [1.54, 1.807) is 29.4 Å². The predicted molar refractivity (Wildman–Crippen MR) is 106 cm³/mol. The van der Waals surface area contributed by atoms with Crippen LogP contribution in [0, 0.1) is 0 Å². The third-order valence-electron chi connectivity index (χ3n) is 3.51. The van der Waals surface area contributed by atoms with Crippen LogP contribution in [0.5, 0.6) is 0 Å². The fourth-order valence-corrected chi connectivity index (χ4v) is 4.96. The fraction of sp³-hybridized carbons (Fsp3) is 0.0588. The molecule has 0 aliphatic heterocycles. The van der Waals surface area contributed by atoms with Gasteiger partial charge >= 0.3 is 0 Å². The van der Waals surface area contributed by atoms with Crippen molar-refractivity contribution < 1.29 is 9.21 Å². The molecule has 1 aromatic carbocycles. The van der Waals surface area contributed by atoms with Crippen molar-refractivity contribution in [2.24, 2.45) is 0 Å². The van der Waals surface area contributed by atoms with E-state index in [9.17, 15) is 4.79 Å². The number of hydrogen-bond donors (Lipinski definition) is 0. The van der Waals surface area contributed by atoms with Gasteiger partial charge in [0.25, 0.3) is 5.91 Å². The Balaban J connectivity index is 1.78. The zero-order valence-corrected chi connectivity index (χ0v) is 16.6. The molecule has 0 spiro atoms. The van der Waals surface area contributed by atoms with Gasteiger partial charge in [-0.15, -0.1) is 11.3 Å². The maximum Gasteiger partial charge on any atom is 0.270 e. The van der Waals surface area contributed by atoms with Crippen LogP contribution in [0.3, 0.4) is 0 Å². The van der Waals surface area contributed by atoms with E-state index in [-0.39, 0.29) is 5.91 Å². The van der Waals surface area contributed by atoms with Gasteiger partial charge in [0.2, 0.25) is 0 Å². The first-order valence-electron chi connectivity index (χ1n) is 7.26. The molecule has 25 heavy (non-hydrogen) atoms. The maximum atomic E-state index is 13.1. The summed E-state index contributed by atoms with van der Waals surface area (Å²) in [4.78, 5) is 19.9. The van der Waals surface area contributed by atoms with E-state index in [0.717, 1.165) is 8.49 Å². The Morgan fingerprint density at radius 1 is 1.20 bits per heavy atom. The van der Waals surface area contributed by atoms with Gasteiger partial charge in [0, 0.05) is 0 Å². The van der Waals surface area contributed by atoms with Gasteiger partial charge in [0.05, 0.1) is 31.2 Å². The third-order valence-corrected chi connectivity index (χ3v) is 6.47. The van der Waals surface area contributed by atoms with E-state index in [1.807, 2.05) is 24.3 Å². The van der Waals surface area contributed by atoms with Crippen molar-refractivity contribution in [1.29, 1.82) is 0 Å². The highest BCUT2D eigenvalue weighted by atomic mass is 79.9. The summed E-state index contributed by atoms with van der Waals surface area (Å²) in [5.41, 5.74) is 0.703. The fourth-order valence-electron chi connectivity index (χ4n) is 2.37. The number of amides is 1. The van der Waals surface area contributed by atoms with Gasteiger partial charge in [0.15, 0.2) is 5.13 Å². The Kier molecular flexibility index (Phi) is 4.64. The molecular formula is C17H10BrClN2O2S2. The molecule has 0 aliphatic carbocycles. The van der Waals surface area contributed by atoms with Gasteiger partial charge in [-0.05, 0) is 52.3 Å². The predicted octanol–water partition coefficient (Wildman–Crippen LogP) is 6.21. The highest BCUT2D eigenvalue weighted by Gasteiger charge is 2.24. The van der Waals surface area contributed by atoms with Crippen molar-refractivity contribution in [2.45, 2.75) is 6.54 Å². The van der Waals surface area contributed by atoms with Crippen LogP contribution in [0.25, 0.3) is 10.2 Å². The Morgan fingerprint density at radius 2 is 2.08 bits per heavy atom. The number of thiazole rings is 1. The number of rotatable bonds is 4. The minimum absolute atomic E-state index is 0.123. The van der Waals surface area contributed by atoms with Crippen molar-refractivity contribution in [1.82, 2.24) is 4.98 Å². The van der Waals surface area contributed by atoms with E-state index in [4.69, 9.17) is 16.0 Å². The summed E-state index contributed by atoms with van der Waals surface area (Å²) in [5, 5.41) is 1.17. The molecule has 3 aromatic heterocycles. The van der Waals surface area contributed by atoms with E-state index in [0.29, 0.717) is 32.9 Å². The van der Waals surface area contributed by atoms with Crippen molar-refractivity contribution >= 4 is 71.5 Å². The van der Waals surface area contributed by atoms with Crippen LogP contribution in [0.15, 0.2) is 56.9 Å². The van der Waals surface area contributed by atoms with E-state index >= 15 is 0 Å². The summed E-state index contributed by atoms with van der Waals surface area (Å²) in [5.74, 6) is 0.566. The number of carbonyl (C=O) groups is 1. The average Bonchev–Trinajstić information content (AvgIpc) is 3.32. The van der Waals surface area contributed by atoms with Crippen LogP contribution >= 0.6 is 50.2 Å². The van der Waals surface area contributed by atoms with E-state index in [1.165, 1.54) is 22.7 Å². The second kappa shape index (κ2) is 6.92. The lowest BCUT2D eigenvalue weighted by atomic mass is 10.3. The smallest absolute Gasteiger partial charge is 0.270 e. The molecular weight excluding hydrogens is 444 g/mol. The number of para-hydroxylation sites is 1. The summed E-state index contributed by atoms with van der Waals surface area (Å²) in [6.07, 6.45) is 1.59. The first-order valence-corrected chi connectivity index (χ1v) is 10.1. The van der Waals surface area contributed by atoms with E-state index in [2.05, 4.69) is 20.9 Å². The molecule has 4 nitrogen and oxygen atoms in total. The van der Waals surface area contributed by atoms with Gasteiger partial charge in [-0.3, -0.25) is 9.69 Å². The first kappa shape index (κ1) is 16.8. The van der Waals surface area contributed by atoms with Gasteiger partial charge in [-0.2, -0.15) is 0 Å². The van der Waals surface area contributed by atoms with Crippen molar-refractivity contribution in [2.75, 3.05) is 4.90 Å². The van der Waals surface area contributed by atoms with Crippen molar-refractivity contribution in [3.05, 3.63) is 68.2 Å². The lowest BCUT2D eigenvalue weighted by molar-refractivity contribution is 0.0987. The van der Waals surface area contributed by atoms with Gasteiger partial charge in [0.1, 0.15) is 11.3 Å². The molecule has 8 heteroatoms. The number of aromatic nitrogens is 1. The Labute approximate surface area is 164 Å². The highest BCUT2D eigenvalue weighted by molar-refractivity contribution is 9.11. The monoisotopic (exact) mass is 452 g/mol. The quantitative estimate of drug-likeness (QED) is 0.369.